The predicted octanol–water partition coefficient (Wildman–Crippen LogP) is -4.03. The zero-order valence-electron chi connectivity index (χ0n) is 12.8. The number of nitrogens with two attached hydrogens (primary N) is 1. The Morgan fingerprint density at radius 2 is 1.58 bits per heavy atom. The maximum Gasteiger partial charge on any atom is 0.328 e. The van der Waals surface area contributed by atoms with Gasteiger partial charge >= 0.3 is 11.9 Å². The summed E-state index contributed by atoms with van der Waals surface area (Å²) in [4.78, 5) is 56.2. The molecule has 0 aliphatic carbocycles. The van der Waals surface area contributed by atoms with Crippen molar-refractivity contribution in [3.05, 3.63) is 0 Å². The first kappa shape index (κ1) is 21.3. The summed E-state index contributed by atoms with van der Waals surface area (Å²) in [7, 11) is 0. The summed E-state index contributed by atoms with van der Waals surface area (Å²) in [5, 5.41) is 32.4. The highest BCUT2D eigenvalue weighted by molar-refractivity contribution is 5.94. The Bertz CT molecular complexity index is 507. The van der Waals surface area contributed by atoms with Crippen molar-refractivity contribution < 1.29 is 39.3 Å². The molecule has 0 aliphatic heterocycles. The molecular formula is C12H20N4O8. The summed E-state index contributed by atoms with van der Waals surface area (Å²) in [5.74, 6) is -5.57. The lowest BCUT2D eigenvalue weighted by atomic mass is 10.1. The van der Waals surface area contributed by atoms with Gasteiger partial charge in [0.05, 0.1) is 25.6 Å². The van der Waals surface area contributed by atoms with Crippen molar-refractivity contribution in [1.29, 1.82) is 0 Å². The van der Waals surface area contributed by atoms with Gasteiger partial charge < -0.3 is 37.0 Å². The quantitative estimate of drug-likeness (QED) is 0.205. The van der Waals surface area contributed by atoms with Crippen molar-refractivity contribution >= 4 is 29.7 Å². The van der Waals surface area contributed by atoms with Crippen LogP contribution in [0, 0.1) is 0 Å². The van der Waals surface area contributed by atoms with Gasteiger partial charge in [-0.15, -0.1) is 0 Å². The van der Waals surface area contributed by atoms with E-state index in [4.69, 9.17) is 21.1 Å². The van der Waals surface area contributed by atoms with Crippen molar-refractivity contribution in [1.82, 2.24) is 16.0 Å². The molecule has 0 saturated carbocycles. The topological polar surface area (TPSA) is 208 Å². The van der Waals surface area contributed by atoms with E-state index < -0.39 is 67.4 Å². The van der Waals surface area contributed by atoms with Crippen LogP contribution in [0.15, 0.2) is 0 Å². The Morgan fingerprint density at radius 1 is 1.00 bits per heavy atom. The maximum absolute atomic E-state index is 11.9. The SMILES string of the molecule is CC(N)C(=O)NCC(=O)NC(CC(=O)O)C(=O)NC(CO)C(=O)O. The fourth-order valence-electron chi connectivity index (χ4n) is 1.42. The lowest BCUT2D eigenvalue weighted by molar-refractivity contribution is -0.144. The minimum absolute atomic E-state index is 0.549. The molecule has 0 heterocycles. The zero-order valence-corrected chi connectivity index (χ0v) is 12.8. The average molecular weight is 348 g/mol. The second-order valence-electron chi connectivity index (χ2n) is 4.81. The minimum atomic E-state index is -1.65. The lowest BCUT2D eigenvalue weighted by Gasteiger charge is -2.19. The van der Waals surface area contributed by atoms with Crippen LogP contribution in [-0.4, -0.2) is 76.3 Å². The third kappa shape index (κ3) is 8.05. The Morgan fingerprint density at radius 3 is 2.00 bits per heavy atom. The molecule has 24 heavy (non-hydrogen) atoms. The fourth-order valence-corrected chi connectivity index (χ4v) is 1.42. The number of hydrogen-bond donors (Lipinski definition) is 7. The van der Waals surface area contributed by atoms with Crippen LogP contribution >= 0.6 is 0 Å². The van der Waals surface area contributed by atoms with E-state index in [-0.39, 0.29) is 0 Å². The van der Waals surface area contributed by atoms with Crippen molar-refractivity contribution in [2.24, 2.45) is 5.73 Å². The number of hydrogen-bond acceptors (Lipinski definition) is 7. The summed E-state index contributed by atoms with van der Waals surface area (Å²) in [6.07, 6.45) is -0.823. The normalized spacial score (nSPS) is 14.0. The van der Waals surface area contributed by atoms with Crippen LogP contribution in [0.1, 0.15) is 13.3 Å². The molecule has 3 unspecified atom stereocenters. The molecule has 3 amide bonds. The van der Waals surface area contributed by atoms with Gasteiger partial charge in [0, 0.05) is 0 Å². The summed E-state index contributed by atoms with van der Waals surface area (Å²) < 4.78 is 0. The molecule has 0 fully saturated rings. The van der Waals surface area contributed by atoms with Gasteiger partial charge in [0.15, 0.2) is 0 Å². The first-order valence-corrected chi connectivity index (χ1v) is 6.77. The van der Waals surface area contributed by atoms with Crippen LogP contribution < -0.4 is 21.7 Å². The second-order valence-corrected chi connectivity index (χ2v) is 4.81. The van der Waals surface area contributed by atoms with E-state index >= 15 is 0 Å². The number of amides is 3. The van der Waals surface area contributed by atoms with Gasteiger partial charge in [-0.3, -0.25) is 19.2 Å². The Balaban J connectivity index is 4.78. The van der Waals surface area contributed by atoms with Crippen LogP contribution in [0.5, 0.6) is 0 Å². The average Bonchev–Trinajstić information content (AvgIpc) is 2.48. The highest BCUT2D eigenvalue weighted by Gasteiger charge is 2.28. The number of carbonyl (C=O) groups is 5. The van der Waals surface area contributed by atoms with Crippen molar-refractivity contribution in [2.45, 2.75) is 31.5 Å². The van der Waals surface area contributed by atoms with Gasteiger partial charge in [-0.1, -0.05) is 0 Å². The Kier molecular flexibility index (Phi) is 8.97. The first-order chi connectivity index (χ1) is 11.1. The number of aliphatic hydroxyl groups is 1. The third-order valence-corrected chi connectivity index (χ3v) is 2.66. The predicted molar refractivity (Wildman–Crippen MR) is 77.5 cm³/mol. The van der Waals surface area contributed by atoms with E-state index in [9.17, 15) is 24.0 Å². The summed E-state index contributed by atoms with van der Waals surface area (Å²) in [6.45, 7) is -0.0831. The number of nitrogens with one attached hydrogen (secondary N) is 3. The molecule has 0 aromatic rings. The smallest absolute Gasteiger partial charge is 0.328 e. The second kappa shape index (κ2) is 10.1. The number of aliphatic carboxylic acids is 2. The van der Waals surface area contributed by atoms with Gasteiger partial charge in [0.1, 0.15) is 12.1 Å². The van der Waals surface area contributed by atoms with E-state index in [1.807, 2.05) is 10.6 Å². The molecule has 0 rings (SSSR count). The van der Waals surface area contributed by atoms with Crippen LogP contribution in [0.2, 0.25) is 0 Å². The molecule has 0 bridgehead atoms. The van der Waals surface area contributed by atoms with Crippen molar-refractivity contribution in [2.75, 3.05) is 13.2 Å². The van der Waals surface area contributed by atoms with Gasteiger partial charge in [-0.05, 0) is 6.92 Å². The Hall–Kier alpha value is -2.73. The summed E-state index contributed by atoms with van der Waals surface area (Å²) in [5.41, 5.74) is 5.27. The molecule has 0 radical (unpaired) electrons. The number of carbonyl (C=O) groups excluding carboxylic acids is 3. The Labute approximate surface area is 136 Å². The molecule has 0 aromatic heterocycles. The zero-order chi connectivity index (χ0) is 18.9. The number of rotatable bonds is 10. The molecule has 12 nitrogen and oxygen atoms in total. The first-order valence-electron chi connectivity index (χ1n) is 6.77. The van der Waals surface area contributed by atoms with Crippen LogP contribution in [0.25, 0.3) is 0 Å². The van der Waals surface area contributed by atoms with E-state index in [1.165, 1.54) is 6.92 Å². The van der Waals surface area contributed by atoms with Crippen LogP contribution in [-0.2, 0) is 24.0 Å². The maximum atomic E-state index is 11.9. The molecule has 0 saturated heterocycles. The van der Waals surface area contributed by atoms with E-state index in [0.29, 0.717) is 0 Å². The highest BCUT2D eigenvalue weighted by Crippen LogP contribution is 1.95. The van der Waals surface area contributed by atoms with E-state index in [2.05, 4.69) is 5.32 Å². The molecule has 0 aromatic carbocycles. The summed E-state index contributed by atoms with van der Waals surface area (Å²) in [6, 6.07) is -4.10. The molecule has 12 heteroatoms. The minimum Gasteiger partial charge on any atom is -0.481 e. The molecule has 0 aliphatic rings. The van der Waals surface area contributed by atoms with Crippen LogP contribution in [0.3, 0.4) is 0 Å². The molecule has 0 spiro atoms. The molecular weight excluding hydrogens is 328 g/mol. The van der Waals surface area contributed by atoms with E-state index in [1.54, 1.807) is 0 Å². The van der Waals surface area contributed by atoms with E-state index in [0.717, 1.165) is 0 Å². The summed E-state index contributed by atoms with van der Waals surface area (Å²) >= 11 is 0. The molecule has 8 N–H and O–H groups in total. The monoisotopic (exact) mass is 348 g/mol. The van der Waals surface area contributed by atoms with Crippen LogP contribution in [0.4, 0.5) is 0 Å². The third-order valence-electron chi connectivity index (χ3n) is 2.66. The molecule has 136 valence electrons. The number of aliphatic hydroxyl groups excluding tert-OH is 1. The van der Waals surface area contributed by atoms with Gasteiger partial charge in [0.25, 0.3) is 0 Å². The standard InChI is InChI=1S/C12H20N4O8/c1-5(13)10(21)14-3-8(18)15-6(2-9(19)20)11(22)16-7(4-17)12(23)24/h5-7,17H,2-4,13H2,1H3,(H,14,21)(H,15,18)(H,16,22)(H,19,20)(H,23,24). The van der Waals surface area contributed by atoms with Crippen molar-refractivity contribution in [3.8, 4) is 0 Å². The lowest BCUT2D eigenvalue weighted by Crippen LogP contribution is -2.54. The van der Waals surface area contributed by atoms with Gasteiger partial charge in [-0.25, -0.2) is 4.79 Å². The highest BCUT2D eigenvalue weighted by atomic mass is 16.4. The van der Waals surface area contributed by atoms with Gasteiger partial charge in [-0.2, -0.15) is 0 Å². The molecule has 3 atom stereocenters. The number of carboxylic acids is 2. The largest absolute Gasteiger partial charge is 0.481 e. The van der Waals surface area contributed by atoms with Crippen molar-refractivity contribution in [3.63, 3.8) is 0 Å². The fraction of sp³-hybridized carbons (Fsp3) is 0.583. The number of carboxylic acid groups (broad SMARTS) is 2. The van der Waals surface area contributed by atoms with Gasteiger partial charge in [0.2, 0.25) is 17.7 Å².